The summed E-state index contributed by atoms with van der Waals surface area (Å²) >= 11 is 0. The lowest BCUT2D eigenvalue weighted by Crippen LogP contribution is -2.13. The number of nitrogens with one attached hydrogen (secondary N) is 2. The third-order valence-electron chi connectivity index (χ3n) is 1.78. The van der Waals surface area contributed by atoms with Gasteiger partial charge in [-0.15, -0.1) is 0 Å². The first-order chi connectivity index (χ1) is 9.83. The molecule has 3 N–H and O–H groups in total. The van der Waals surface area contributed by atoms with Gasteiger partial charge >= 0.3 is 0 Å². The molecule has 0 bridgehead atoms. The average Bonchev–Trinajstić information content (AvgIpc) is 2.45. The van der Waals surface area contributed by atoms with E-state index >= 15 is 0 Å². The first-order valence-electron chi connectivity index (χ1n) is 6.27. The molecule has 0 aromatic heterocycles. The predicted octanol–water partition coefficient (Wildman–Crippen LogP) is -0.193. The highest BCUT2D eigenvalue weighted by Crippen LogP contribution is 1.82. The molecule has 0 aliphatic rings. The van der Waals surface area contributed by atoms with Gasteiger partial charge in [0.25, 0.3) is 0 Å². The third-order valence-corrected chi connectivity index (χ3v) is 1.78. The number of hydrogen-bond donors (Lipinski definition) is 3. The topological polar surface area (TPSA) is 128 Å². The fraction of sp³-hybridized carbons (Fsp3) is 1.00. The lowest BCUT2D eigenvalue weighted by Gasteiger charge is -2.06. The first kappa shape index (κ1) is 21.4. The van der Waals surface area contributed by atoms with Gasteiger partial charge in [-0.3, -0.25) is 0 Å². The molecule has 0 radical (unpaired) electrons. The number of hydrogen-bond acceptors (Lipinski definition) is 8. The molecule has 0 spiro atoms. The van der Waals surface area contributed by atoms with E-state index in [1.807, 2.05) is 4.91 Å². The zero-order chi connectivity index (χ0) is 15.3. The van der Waals surface area contributed by atoms with Crippen LogP contribution in [-0.2, 0) is 23.7 Å². The quantitative estimate of drug-likeness (QED) is 0.231. The molecule has 120 valence electrons. The summed E-state index contributed by atoms with van der Waals surface area (Å²) in [5.41, 5.74) is 11.0. The van der Waals surface area contributed by atoms with E-state index in [4.69, 9.17) is 39.9 Å². The largest absolute Gasteiger partial charge is 0.394 e. The molecule has 0 saturated carbocycles. The number of aliphatic hydroxyl groups excluding tert-OH is 1. The highest BCUT2D eigenvalue weighted by molar-refractivity contribution is 4.35. The molecule has 0 atom stereocenters. The molecule has 0 unspecified atom stereocenters. The SMILES string of the molecule is COCCOCCOCCOCCOCCO.N=[N+]=N. The second-order valence-corrected chi connectivity index (χ2v) is 3.28. The van der Waals surface area contributed by atoms with Gasteiger partial charge in [0.2, 0.25) is 4.91 Å². The van der Waals surface area contributed by atoms with Gasteiger partial charge in [-0.25, -0.2) is 0 Å². The van der Waals surface area contributed by atoms with Crippen LogP contribution in [0, 0.1) is 11.1 Å². The van der Waals surface area contributed by atoms with Crippen LogP contribution >= 0.6 is 0 Å². The van der Waals surface area contributed by atoms with Crippen molar-refractivity contribution in [3.63, 3.8) is 0 Å². The van der Waals surface area contributed by atoms with Gasteiger partial charge in [0, 0.05) is 7.11 Å². The summed E-state index contributed by atoms with van der Waals surface area (Å²) in [4.78, 5) is 2.00. The van der Waals surface area contributed by atoms with Crippen LogP contribution in [0.3, 0.4) is 0 Å². The van der Waals surface area contributed by atoms with Gasteiger partial charge in [-0.1, -0.05) is 0 Å². The summed E-state index contributed by atoms with van der Waals surface area (Å²) in [6.07, 6.45) is 0. The predicted molar refractivity (Wildman–Crippen MR) is 69.8 cm³/mol. The Bertz CT molecular complexity index is 189. The molecule has 0 aromatic carbocycles. The molecule has 0 aliphatic heterocycles. The van der Waals surface area contributed by atoms with Crippen LogP contribution in [0.15, 0.2) is 0 Å². The Morgan fingerprint density at radius 1 is 0.700 bits per heavy atom. The fourth-order valence-corrected chi connectivity index (χ4v) is 0.969. The highest BCUT2D eigenvalue weighted by atomic mass is 16.6. The minimum Gasteiger partial charge on any atom is -0.394 e. The molecule has 0 heterocycles. The van der Waals surface area contributed by atoms with Crippen molar-refractivity contribution >= 4 is 0 Å². The van der Waals surface area contributed by atoms with Crippen LogP contribution in [0.2, 0.25) is 0 Å². The molecular weight excluding hydrogens is 270 g/mol. The van der Waals surface area contributed by atoms with E-state index < -0.39 is 0 Å². The van der Waals surface area contributed by atoms with E-state index in [0.717, 1.165) is 0 Å². The zero-order valence-corrected chi connectivity index (χ0v) is 12.0. The van der Waals surface area contributed by atoms with E-state index in [2.05, 4.69) is 0 Å². The van der Waals surface area contributed by atoms with Gasteiger partial charge in [-0.05, 0) is 0 Å². The molecule has 0 rings (SSSR count). The summed E-state index contributed by atoms with van der Waals surface area (Å²) < 4.78 is 25.6. The van der Waals surface area contributed by atoms with E-state index in [1.165, 1.54) is 0 Å². The average molecular weight is 296 g/mol. The van der Waals surface area contributed by atoms with Crippen LogP contribution in [0.4, 0.5) is 0 Å². The Kier molecular flexibility index (Phi) is 24.8. The Hall–Kier alpha value is -0.930. The third kappa shape index (κ3) is 25.8. The van der Waals surface area contributed by atoms with Crippen LogP contribution in [-0.4, -0.2) is 78.3 Å². The van der Waals surface area contributed by atoms with Crippen molar-refractivity contribution in [1.82, 2.24) is 4.91 Å². The number of ether oxygens (including phenoxy) is 5. The Balaban J connectivity index is 0. The van der Waals surface area contributed by atoms with Crippen LogP contribution in [0.25, 0.3) is 0 Å². The number of nitrogens with zero attached hydrogens (tertiary/aromatic N) is 1. The smallest absolute Gasteiger partial charge is 0.211 e. The zero-order valence-electron chi connectivity index (χ0n) is 12.0. The number of aliphatic hydroxyl groups is 1. The van der Waals surface area contributed by atoms with Crippen LogP contribution < -0.4 is 4.91 Å². The van der Waals surface area contributed by atoms with Crippen molar-refractivity contribution in [2.75, 3.05) is 73.2 Å². The van der Waals surface area contributed by atoms with E-state index in [0.29, 0.717) is 59.5 Å². The van der Waals surface area contributed by atoms with E-state index in [9.17, 15) is 0 Å². The maximum absolute atomic E-state index is 8.44. The maximum atomic E-state index is 8.44. The van der Waals surface area contributed by atoms with Crippen molar-refractivity contribution in [3.05, 3.63) is 0 Å². The second kappa shape index (κ2) is 23.2. The lowest BCUT2D eigenvalue weighted by molar-refractivity contribution is -0.0105. The number of rotatable bonds is 14. The molecule has 0 aliphatic carbocycles. The Labute approximate surface area is 119 Å². The van der Waals surface area contributed by atoms with E-state index in [1.54, 1.807) is 7.11 Å². The fourth-order valence-electron chi connectivity index (χ4n) is 0.969. The summed E-state index contributed by atoms with van der Waals surface area (Å²) in [5, 5.41) is 8.44. The van der Waals surface area contributed by atoms with Crippen molar-refractivity contribution in [1.29, 1.82) is 11.1 Å². The molecule has 20 heavy (non-hydrogen) atoms. The van der Waals surface area contributed by atoms with Gasteiger partial charge in [-0.2, -0.15) is 0 Å². The monoisotopic (exact) mass is 296 g/mol. The molecule has 0 fully saturated rings. The summed E-state index contributed by atoms with van der Waals surface area (Å²) in [7, 11) is 1.64. The van der Waals surface area contributed by atoms with Gasteiger partial charge in [0.05, 0.1) is 66.1 Å². The Morgan fingerprint density at radius 2 is 1.00 bits per heavy atom. The number of methoxy groups -OCH3 is 1. The summed E-state index contributed by atoms with van der Waals surface area (Å²) in [6.45, 7) is 4.86. The molecule has 9 heteroatoms. The molecule has 0 amide bonds. The van der Waals surface area contributed by atoms with Crippen LogP contribution in [0.5, 0.6) is 0 Å². The van der Waals surface area contributed by atoms with Gasteiger partial charge in [0.15, 0.2) is 0 Å². The van der Waals surface area contributed by atoms with Gasteiger partial charge in [0.1, 0.15) is 11.1 Å². The first-order valence-corrected chi connectivity index (χ1v) is 6.27. The van der Waals surface area contributed by atoms with Crippen molar-refractivity contribution in [3.8, 4) is 0 Å². The minimum absolute atomic E-state index is 0.0478. The summed E-state index contributed by atoms with van der Waals surface area (Å²) in [5.74, 6) is 0. The van der Waals surface area contributed by atoms with E-state index in [-0.39, 0.29) is 6.61 Å². The standard InChI is InChI=1S/C11H24O6.H2N3/c1-13-4-5-15-8-9-17-11-10-16-7-6-14-3-2-12;1-3-2/h12H,2-11H2,1H3;1-2H/q;+1. The van der Waals surface area contributed by atoms with Crippen molar-refractivity contribution in [2.24, 2.45) is 0 Å². The molecular formula is C11H26N3O6+. The Morgan fingerprint density at radius 3 is 1.30 bits per heavy atom. The minimum atomic E-state index is 0.0478. The molecule has 9 nitrogen and oxygen atoms in total. The molecule has 0 aromatic rings. The van der Waals surface area contributed by atoms with Crippen molar-refractivity contribution < 1.29 is 28.8 Å². The lowest BCUT2D eigenvalue weighted by atomic mass is 10.7. The maximum Gasteiger partial charge on any atom is 0.211 e. The summed E-state index contributed by atoms with van der Waals surface area (Å²) in [6, 6.07) is 0. The normalized spacial score (nSPS) is 9.70. The highest BCUT2D eigenvalue weighted by Gasteiger charge is 1.92. The van der Waals surface area contributed by atoms with Crippen molar-refractivity contribution in [2.45, 2.75) is 0 Å². The second-order valence-electron chi connectivity index (χ2n) is 3.28. The van der Waals surface area contributed by atoms with Crippen LogP contribution in [0.1, 0.15) is 0 Å². The molecule has 0 saturated heterocycles. The van der Waals surface area contributed by atoms with Gasteiger partial charge < -0.3 is 28.8 Å².